The van der Waals surface area contributed by atoms with Crippen molar-refractivity contribution in [3.63, 3.8) is 0 Å². The van der Waals surface area contributed by atoms with Crippen LogP contribution in [0.5, 0.6) is 11.5 Å². The Morgan fingerprint density at radius 2 is 1.76 bits per heavy atom. The van der Waals surface area contributed by atoms with Gasteiger partial charge in [0.25, 0.3) is 0 Å². The minimum absolute atomic E-state index is 0.525. The minimum atomic E-state index is -1.50. The lowest BCUT2D eigenvalue weighted by molar-refractivity contribution is 0.481. The van der Waals surface area contributed by atoms with Gasteiger partial charge in [-0.05, 0) is 36.4 Å². The molecule has 5 heteroatoms. The second-order valence-corrected chi connectivity index (χ2v) is 4.83. The molecule has 0 bridgehead atoms. The number of benzene rings is 2. The first-order valence-corrected chi connectivity index (χ1v) is 6.44. The van der Waals surface area contributed by atoms with Crippen LogP contribution in [0.25, 0.3) is 0 Å². The Labute approximate surface area is 107 Å². The molecule has 0 aliphatic carbocycles. The van der Waals surface area contributed by atoms with Gasteiger partial charge < -0.3 is 9.29 Å². The maximum Gasteiger partial charge on any atom is 0.177 e. The monoisotopic (exact) mass is 267 g/mol. The third-order valence-electron chi connectivity index (χ3n) is 2.09. The molecule has 0 fully saturated rings. The summed E-state index contributed by atoms with van der Waals surface area (Å²) >= 11 is 4.27. The molecule has 2 aromatic carbocycles. The smallest absolute Gasteiger partial charge is 0.177 e. The number of hydrogen-bond donors (Lipinski definition) is 1. The van der Waals surface area contributed by atoms with Gasteiger partial charge in [0.2, 0.25) is 0 Å². The fourth-order valence-corrected chi connectivity index (χ4v) is 1.87. The normalized spacial score (nSPS) is 12.2. The molecule has 0 saturated heterocycles. The molecule has 0 unspecified atom stereocenters. The van der Waals surface area contributed by atoms with Crippen LogP contribution in [0.1, 0.15) is 0 Å². The lowest BCUT2D eigenvalue weighted by atomic mass is 10.3. The number of ether oxygens (including phenoxy) is 1. The van der Waals surface area contributed by atoms with Crippen LogP contribution in [0, 0.1) is 0 Å². The van der Waals surface area contributed by atoms with Crippen LogP contribution in [-0.4, -0.2) is 4.55 Å². The SMILES string of the molecule is N[S@@+]([O-])c1cccc(Oc2ccc(Cl)cc2)c1. The molecule has 0 radical (unpaired) electrons. The summed E-state index contributed by atoms with van der Waals surface area (Å²) in [5, 5.41) is 5.94. The van der Waals surface area contributed by atoms with Gasteiger partial charge in [0, 0.05) is 11.1 Å². The summed E-state index contributed by atoms with van der Waals surface area (Å²) in [5.41, 5.74) is 0. The Kier molecular flexibility index (Phi) is 3.91. The Morgan fingerprint density at radius 3 is 2.41 bits per heavy atom. The summed E-state index contributed by atoms with van der Waals surface area (Å²) in [5.74, 6) is 1.25. The van der Waals surface area contributed by atoms with Crippen molar-refractivity contribution in [2.24, 2.45) is 5.14 Å². The fourth-order valence-electron chi connectivity index (χ4n) is 1.30. The maximum absolute atomic E-state index is 11.1. The highest BCUT2D eigenvalue weighted by Gasteiger charge is 2.07. The van der Waals surface area contributed by atoms with E-state index in [1.165, 1.54) is 0 Å². The third-order valence-corrected chi connectivity index (χ3v) is 3.06. The third kappa shape index (κ3) is 3.38. The van der Waals surface area contributed by atoms with E-state index in [2.05, 4.69) is 0 Å². The second kappa shape index (κ2) is 5.42. The molecule has 0 spiro atoms. The van der Waals surface area contributed by atoms with Gasteiger partial charge in [-0.2, -0.15) is 0 Å². The van der Waals surface area contributed by atoms with Crippen LogP contribution in [0.4, 0.5) is 0 Å². The Bertz CT molecular complexity index is 502. The molecule has 0 aromatic heterocycles. The Morgan fingerprint density at radius 1 is 1.06 bits per heavy atom. The van der Waals surface area contributed by atoms with Crippen molar-refractivity contribution in [3.8, 4) is 11.5 Å². The van der Waals surface area contributed by atoms with Crippen molar-refractivity contribution in [1.29, 1.82) is 0 Å². The van der Waals surface area contributed by atoms with E-state index in [-0.39, 0.29) is 0 Å². The summed E-state index contributed by atoms with van der Waals surface area (Å²) in [6.07, 6.45) is 0. The predicted octanol–water partition coefficient (Wildman–Crippen LogP) is 3.11. The van der Waals surface area contributed by atoms with Gasteiger partial charge in [-0.1, -0.05) is 17.7 Å². The molecule has 2 rings (SSSR count). The van der Waals surface area contributed by atoms with Crippen molar-refractivity contribution in [2.45, 2.75) is 4.90 Å². The molecule has 2 N–H and O–H groups in total. The van der Waals surface area contributed by atoms with E-state index < -0.39 is 11.4 Å². The van der Waals surface area contributed by atoms with Crippen LogP contribution >= 0.6 is 11.6 Å². The molecule has 0 amide bonds. The highest BCUT2D eigenvalue weighted by atomic mass is 35.5. The average Bonchev–Trinajstić information content (AvgIpc) is 2.32. The van der Waals surface area contributed by atoms with Crippen molar-refractivity contribution >= 4 is 23.0 Å². The topological polar surface area (TPSA) is 58.3 Å². The van der Waals surface area contributed by atoms with E-state index >= 15 is 0 Å². The molecule has 2 aromatic rings. The van der Waals surface area contributed by atoms with Crippen LogP contribution < -0.4 is 9.88 Å². The first kappa shape index (κ1) is 12.3. The van der Waals surface area contributed by atoms with Crippen LogP contribution in [0.2, 0.25) is 5.02 Å². The molecular weight excluding hydrogens is 258 g/mol. The highest BCUT2D eigenvalue weighted by molar-refractivity contribution is 7.89. The van der Waals surface area contributed by atoms with Crippen molar-refractivity contribution in [2.75, 3.05) is 0 Å². The largest absolute Gasteiger partial charge is 0.593 e. The zero-order valence-electron chi connectivity index (χ0n) is 8.80. The first-order valence-electron chi connectivity index (χ1n) is 4.85. The zero-order valence-corrected chi connectivity index (χ0v) is 10.4. The van der Waals surface area contributed by atoms with Gasteiger partial charge in [0.15, 0.2) is 4.90 Å². The summed E-state index contributed by atoms with van der Waals surface area (Å²) < 4.78 is 16.7. The summed E-state index contributed by atoms with van der Waals surface area (Å²) in [6.45, 7) is 0. The number of rotatable bonds is 3. The van der Waals surface area contributed by atoms with Gasteiger partial charge in [-0.25, -0.2) is 0 Å². The van der Waals surface area contributed by atoms with E-state index in [0.717, 1.165) is 0 Å². The number of halogens is 1. The lowest BCUT2D eigenvalue weighted by Crippen LogP contribution is -2.11. The quantitative estimate of drug-likeness (QED) is 0.870. The number of hydrogen-bond acceptors (Lipinski definition) is 3. The van der Waals surface area contributed by atoms with E-state index in [1.54, 1.807) is 48.5 Å². The van der Waals surface area contributed by atoms with Crippen LogP contribution in [0.3, 0.4) is 0 Å². The van der Waals surface area contributed by atoms with Crippen molar-refractivity contribution < 1.29 is 9.29 Å². The first-order chi connectivity index (χ1) is 8.15. The molecule has 0 aliphatic rings. The highest BCUT2D eigenvalue weighted by Crippen LogP contribution is 2.24. The Balaban J connectivity index is 2.18. The summed E-state index contributed by atoms with van der Waals surface area (Å²) in [6, 6.07) is 13.8. The van der Waals surface area contributed by atoms with E-state index in [0.29, 0.717) is 21.4 Å². The minimum Gasteiger partial charge on any atom is -0.593 e. The maximum atomic E-state index is 11.1. The van der Waals surface area contributed by atoms with Gasteiger partial charge in [-0.3, -0.25) is 0 Å². The molecule has 17 heavy (non-hydrogen) atoms. The average molecular weight is 268 g/mol. The van der Waals surface area contributed by atoms with Crippen LogP contribution in [-0.2, 0) is 11.4 Å². The lowest BCUT2D eigenvalue weighted by Gasteiger charge is -2.07. The standard InChI is InChI=1S/C12H10ClNO2S/c13-9-4-6-10(7-5-9)16-11-2-1-3-12(8-11)17(14)15/h1-8H,14H2/t17-/m0/s1. The second-order valence-electron chi connectivity index (χ2n) is 3.33. The molecular formula is C12H10ClNO2S. The van der Waals surface area contributed by atoms with E-state index in [1.807, 2.05) is 0 Å². The van der Waals surface area contributed by atoms with Gasteiger partial charge >= 0.3 is 0 Å². The summed E-state index contributed by atoms with van der Waals surface area (Å²) in [4.78, 5) is 0.525. The van der Waals surface area contributed by atoms with Gasteiger partial charge in [-0.15, -0.1) is 5.14 Å². The fraction of sp³-hybridized carbons (Fsp3) is 0. The van der Waals surface area contributed by atoms with E-state index in [9.17, 15) is 4.55 Å². The molecule has 0 heterocycles. The Hall–Kier alpha value is -1.20. The predicted molar refractivity (Wildman–Crippen MR) is 68.6 cm³/mol. The van der Waals surface area contributed by atoms with Crippen molar-refractivity contribution in [1.82, 2.24) is 0 Å². The summed E-state index contributed by atoms with van der Waals surface area (Å²) in [7, 11) is 0. The molecule has 1 atom stereocenters. The van der Waals surface area contributed by atoms with Gasteiger partial charge in [0.05, 0.1) is 11.4 Å². The molecule has 3 nitrogen and oxygen atoms in total. The molecule has 88 valence electrons. The van der Waals surface area contributed by atoms with Crippen LogP contribution in [0.15, 0.2) is 53.4 Å². The van der Waals surface area contributed by atoms with E-state index in [4.69, 9.17) is 21.5 Å². The zero-order chi connectivity index (χ0) is 12.3. The van der Waals surface area contributed by atoms with Crippen molar-refractivity contribution in [3.05, 3.63) is 53.6 Å². The number of nitrogens with two attached hydrogens (primary N) is 1. The molecule has 0 aliphatic heterocycles. The molecule has 0 saturated carbocycles. The van der Waals surface area contributed by atoms with Gasteiger partial charge in [0.1, 0.15) is 11.5 Å².